The van der Waals surface area contributed by atoms with Crippen LogP contribution in [-0.2, 0) is 33.4 Å². The molecule has 0 rings (SSSR count). The number of unbranched alkanes of at least 4 members (excludes halogenated alkanes) is 2. The molecular weight excluding hydrogens is 1050 g/mol. The smallest absolute Gasteiger partial charge is 0.302 e. The molecule has 18 N–H and O–H groups in total. The third kappa shape index (κ3) is 97.9. The third-order valence-electron chi connectivity index (χ3n) is 9.92. The van der Waals surface area contributed by atoms with Crippen molar-refractivity contribution in [2.45, 2.75) is 171 Å². The normalized spacial score (nSPS) is 10.9. The van der Waals surface area contributed by atoms with E-state index in [0.29, 0.717) is 51.7 Å². The molecule has 0 amide bonds. The van der Waals surface area contributed by atoms with Gasteiger partial charge in [-0.25, -0.2) is 0 Å². The van der Waals surface area contributed by atoms with Crippen LogP contribution >= 0.6 is 0 Å². The number of hydrogen-bond acceptors (Lipinski definition) is 25. The maximum absolute atomic E-state index is 10.6. The number of Topliss-reactive ketones (excluding diaryl/α,β-unsaturated/α-hetero) is 4. The summed E-state index contributed by atoms with van der Waals surface area (Å²) >= 11 is 0. The van der Waals surface area contributed by atoms with Gasteiger partial charge in [0.1, 0.15) is 29.7 Å². The van der Waals surface area contributed by atoms with E-state index < -0.39 is 23.0 Å². The van der Waals surface area contributed by atoms with Crippen LogP contribution in [0.25, 0.3) is 0 Å². The second kappa shape index (κ2) is 81.9. The quantitative estimate of drug-likeness (QED) is 0.0272. The van der Waals surface area contributed by atoms with E-state index in [-0.39, 0.29) is 159 Å². The first-order valence-corrected chi connectivity index (χ1v) is 27.0. The number of rotatable bonds is 35. The van der Waals surface area contributed by atoms with Crippen LogP contribution in [-0.4, -0.2) is 259 Å². The van der Waals surface area contributed by atoms with Gasteiger partial charge in [0.25, 0.3) is 0 Å². The first-order chi connectivity index (χ1) is 37.2. The van der Waals surface area contributed by atoms with Gasteiger partial charge in [0.15, 0.2) is 0 Å². The number of ketones is 4. The van der Waals surface area contributed by atoms with Gasteiger partial charge in [-0.05, 0) is 72.6 Å². The van der Waals surface area contributed by atoms with Crippen molar-refractivity contribution in [2.75, 3.05) is 126 Å². The first-order valence-electron chi connectivity index (χ1n) is 27.0. The topological polar surface area (TPSA) is 468 Å². The molecule has 484 valence electrons. The lowest BCUT2D eigenvalue weighted by molar-refractivity contribution is -0.142. The molecule has 2 atom stereocenters. The van der Waals surface area contributed by atoms with Crippen molar-refractivity contribution < 1.29 is 125 Å². The lowest BCUT2D eigenvalue weighted by atomic mass is 9.86. The van der Waals surface area contributed by atoms with Crippen LogP contribution < -0.4 is 0 Å². The zero-order valence-corrected chi connectivity index (χ0v) is 50.1. The van der Waals surface area contributed by atoms with Crippen LogP contribution in [0.15, 0.2) is 0 Å². The lowest BCUT2D eigenvalue weighted by Gasteiger charge is -2.25. The molecule has 0 aliphatic heterocycles. The van der Waals surface area contributed by atoms with Crippen LogP contribution in [0.1, 0.15) is 159 Å². The second-order valence-corrected chi connectivity index (χ2v) is 18.0. The van der Waals surface area contributed by atoms with Gasteiger partial charge < -0.3 is 121 Å². The summed E-state index contributed by atoms with van der Waals surface area (Å²) in [4.78, 5) is 51.2. The fourth-order valence-electron chi connectivity index (χ4n) is 4.21. The molecule has 0 fully saturated rings. The van der Waals surface area contributed by atoms with E-state index in [1.165, 1.54) is 34.6 Å². The largest absolute Gasteiger partial charge is 0.463 e. The van der Waals surface area contributed by atoms with E-state index in [1.54, 1.807) is 0 Å². The van der Waals surface area contributed by atoms with Crippen LogP contribution in [0.3, 0.4) is 0 Å². The maximum atomic E-state index is 10.6. The fraction of sp³-hybridized carbons (Fsp3) is 0.907. The van der Waals surface area contributed by atoms with Gasteiger partial charge >= 0.3 is 5.97 Å². The summed E-state index contributed by atoms with van der Waals surface area (Å²) < 4.78 is 9.28. The molecule has 0 aromatic heterocycles. The average Bonchev–Trinajstić information content (AvgIpc) is 3.44. The number of esters is 1. The molecule has 0 saturated heterocycles. The Morgan fingerprint density at radius 2 is 0.810 bits per heavy atom. The van der Waals surface area contributed by atoms with Crippen molar-refractivity contribution >= 4 is 29.1 Å². The van der Waals surface area contributed by atoms with Crippen molar-refractivity contribution in [2.24, 2.45) is 22.7 Å². The Bertz CT molecular complexity index is 1130. The molecule has 0 aliphatic rings. The first kappa shape index (κ1) is 98.5. The molecule has 0 spiro atoms. The SMILES string of the molecule is CC(=O)CC(CO)(CO)CO.CC(=O)CC(CO)CO.CC(=O)CCC(O)CO.CC(=O)CCCO.CC(=O)OCCO.CCC(CO)(CO)CO.CCC(CO)CO.CCCC(O)CO.CCCCO.CCCCOCCO. The molecule has 0 aromatic carbocycles. The van der Waals surface area contributed by atoms with Crippen LogP contribution in [0.5, 0.6) is 0 Å². The van der Waals surface area contributed by atoms with Gasteiger partial charge in [0, 0.05) is 102 Å². The fourth-order valence-corrected chi connectivity index (χ4v) is 4.21. The Hall–Kier alpha value is -2.61. The highest BCUT2D eigenvalue weighted by atomic mass is 16.5. The van der Waals surface area contributed by atoms with Gasteiger partial charge in [0.05, 0.1) is 84.9 Å². The molecule has 0 radical (unpaired) electrons. The molecule has 0 aromatic rings. The van der Waals surface area contributed by atoms with Crippen molar-refractivity contribution in [1.29, 1.82) is 0 Å². The van der Waals surface area contributed by atoms with E-state index in [4.69, 9.17) is 96.7 Å². The predicted molar refractivity (Wildman–Crippen MR) is 300 cm³/mol. The van der Waals surface area contributed by atoms with Crippen LogP contribution in [0.2, 0.25) is 0 Å². The van der Waals surface area contributed by atoms with E-state index in [1.807, 2.05) is 20.8 Å². The monoisotopic (exact) mass is 1170 g/mol. The van der Waals surface area contributed by atoms with Gasteiger partial charge in [0.2, 0.25) is 0 Å². The van der Waals surface area contributed by atoms with Gasteiger partial charge in [-0.1, -0.05) is 53.9 Å². The Morgan fingerprint density at radius 1 is 0.405 bits per heavy atom. The number of aliphatic hydroxyl groups excluding tert-OH is 18. The summed E-state index contributed by atoms with van der Waals surface area (Å²) in [7, 11) is 0. The molecule has 0 saturated carbocycles. The molecular formula is C54H118O25. The van der Waals surface area contributed by atoms with E-state index in [0.717, 1.165) is 45.1 Å². The zero-order chi connectivity index (χ0) is 63.9. The van der Waals surface area contributed by atoms with Crippen LogP contribution in [0, 0.1) is 22.7 Å². The van der Waals surface area contributed by atoms with Crippen molar-refractivity contribution in [3.05, 3.63) is 0 Å². The second-order valence-electron chi connectivity index (χ2n) is 18.0. The molecule has 25 nitrogen and oxygen atoms in total. The summed E-state index contributed by atoms with van der Waals surface area (Å²) in [5.41, 5.74) is -1.70. The zero-order valence-electron chi connectivity index (χ0n) is 50.1. The van der Waals surface area contributed by atoms with Crippen molar-refractivity contribution in [1.82, 2.24) is 0 Å². The van der Waals surface area contributed by atoms with Gasteiger partial charge in [-0.2, -0.15) is 0 Å². The van der Waals surface area contributed by atoms with E-state index in [2.05, 4.69) is 18.6 Å². The molecule has 79 heavy (non-hydrogen) atoms. The van der Waals surface area contributed by atoms with Crippen molar-refractivity contribution in [3.63, 3.8) is 0 Å². The summed E-state index contributed by atoms with van der Waals surface area (Å²) in [6.07, 6.45) is 8.27. The summed E-state index contributed by atoms with van der Waals surface area (Å²) in [5, 5.41) is 152. The Morgan fingerprint density at radius 3 is 0.962 bits per heavy atom. The number of aliphatic hydroxyl groups is 18. The van der Waals surface area contributed by atoms with Gasteiger partial charge in [-0.15, -0.1) is 0 Å². The lowest BCUT2D eigenvalue weighted by Crippen LogP contribution is -2.35. The predicted octanol–water partition coefficient (Wildman–Crippen LogP) is -0.836. The summed E-state index contributed by atoms with van der Waals surface area (Å²) in [6, 6.07) is 0. The van der Waals surface area contributed by atoms with Crippen LogP contribution in [0.4, 0.5) is 0 Å². The maximum Gasteiger partial charge on any atom is 0.302 e. The highest BCUT2D eigenvalue weighted by molar-refractivity contribution is 5.76. The minimum atomic E-state index is -1.04. The molecule has 2 unspecified atom stereocenters. The molecule has 0 aliphatic carbocycles. The molecule has 0 bridgehead atoms. The van der Waals surface area contributed by atoms with E-state index in [9.17, 15) is 24.0 Å². The van der Waals surface area contributed by atoms with Crippen molar-refractivity contribution in [3.8, 4) is 0 Å². The third-order valence-corrected chi connectivity index (χ3v) is 9.92. The minimum absolute atomic E-state index is 0.00287. The number of ether oxygens (including phenoxy) is 2. The Labute approximate surface area is 472 Å². The number of hydrogen-bond donors (Lipinski definition) is 18. The number of carbonyl (C=O) groups excluding carboxylic acids is 5. The molecule has 0 heterocycles. The average molecular weight is 1170 g/mol. The summed E-state index contributed by atoms with van der Waals surface area (Å²) in [6.45, 7) is 16.9. The number of carbonyl (C=O) groups is 5. The van der Waals surface area contributed by atoms with Gasteiger partial charge in [-0.3, -0.25) is 4.79 Å². The highest BCUT2D eigenvalue weighted by Gasteiger charge is 2.29. The van der Waals surface area contributed by atoms with E-state index >= 15 is 0 Å². The highest BCUT2D eigenvalue weighted by Crippen LogP contribution is 2.20. The Balaban J connectivity index is -0.0000000842. The standard InChI is InChI=1S/C7H14O4.2C6H12O3.C6H14O3.C6H14O2.C5H10O2.2C5H12O2.C4H8O3.C4H10O/c1-6(11)2-7(3-8,4-9)5-10;1-5(9)2-6(3-7)4-8;1-5(8)2-3-6(9)4-7;1-2-6(3-7,4-8)5-9;1-2-3-5-8-6-4-7;1-5(7)3-2-4-6;1-2-5(3-6)4-7;1-2-3-5(7)4-6;1-4(6)7-3-2-5;1-2-3-4-5/h8-10H,2-5H2,1H3;6-8H,2-4H2,1H3;6-7,9H,2-4H2,1H3;7-9H,2-5H2,1H3;7H,2-6H2,1H3;6H,2-4H2,1H3;2*5-7H,2-4H2,1H3;5H,2-3H2,1H3;5H,2-4H2,1H3. The summed E-state index contributed by atoms with van der Waals surface area (Å²) in [5.74, 6) is -0.474. The molecule has 25 heteroatoms. The Kier molecular flexibility index (Phi) is 102. The minimum Gasteiger partial charge on any atom is -0.463 e.